The van der Waals surface area contributed by atoms with Gasteiger partial charge < -0.3 is 20.1 Å². The van der Waals surface area contributed by atoms with E-state index >= 15 is 0 Å². The average molecular weight is 388 g/mol. The number of rotatable bonds is 8. The predicted molar refractivity (Wildman–Crippen MR) is 111 cm³/mol. The lowest BCUT2D eigenvalue weighted by Gasteiger charge is -2.47. The van der Waals surface area contributed by atoms with Gasteiger partial charge in [0.15, 0.2) is 0 Å². The van der Waals surface area contributed by atoms with Crippen LogP contribution in [-0.4, -0.2) is 85.4 Å². The van der Waals surface area contributed by atoms with Gasteiger partial charge in [-0.15, -0.1) is 0 Å². The van der Waals surface area contributed by atoms with Gasteiger partial charge in [-0.1, -0.05) is 36.4 Å². The smallest absolute Gasteiger partial charge is 0.236 e. The van der Waals surface area contributed by atoms with Crippen molar-refractivity contribution in [2.24, 2.45) is 0 Å². The Labute approximate surface area is 168 Å². The summed E-state index contributed by atoms with van der Waals surface area (Å²) in [5, 5.41) is 13.2. The van der Waals surface area contributed by atoms with Gasteiger partial charge in [0.1, 0.15) is 0 Å². The number of nitrogens with zero attached hydrogens (tertiary/aromatic N) is 2. The molecule has 1 amide bonds. The minimum atomic E-state index is 0.0469. The number of likely N-dealkylation sites (N-methyl/N-ethyl adjacent to an activating group) is 1. The summed E-state index contributed by atoms with van der Waals surface area (Å²) in [5.74, 6) is 0.385. The molecule has 6 nitrogen and oxygen atoms in total. The number of ether oxygens (including phenoxy) is 1. The van der Waals surface area contributed by atoms with E-state index in [2.05, 4.69) is 40.6 Å². The molecule has 6 heteroatoms. The number of hydrogen-bond acceptors (Lipinski definition) is 5. The van der Waals surface area contributed by atoms with Crippen LogP contribution in [0.2, 0.25) is 0 Å². The van der Waals surface area contributed by atoms with Crippen molar-refractivity contribution in [3.05, 3.63) is 41.5 Å². The van der Waals surface area contributed by atoms with E-state index in [-0.39, 0.29) is 30.5 Å². The topological polar surface area (TPSA) is 65.0 Å². The Bertz CT molecular complexity index is 655. The molecule has 3 atom stereocenters. The Morgan fingerprint density at radius 2 is 2.00 bits per heavy atom. The number of carbonyl (C=O) groups excluding carboxylic acids is 1. The summed E-state index contributed by atoms with van der Waals surface area (Å²) in [5.41, 5.74) is 2.39. The van der Waals surface area contributed by atoms with Gasteiger partial charge in [0.25, 0.3) is 0 Å². The van der Waals surface area contributed by atoms with Crippen LogP contribution in [-0.2, 0) is 9.53 Å². The second kappa shape index (κ2) is 10.2. The van der Waals surface area contributed by atoms with Crippen molar-refractivity contribution in [2.45, 2.75) is 31.8 Å². The second-order valence-electron chi connectivity index (χ2n) is 7.58. The molecule has 154 valence electrons. The van der Waals surface area contributed by atoms with Crippen LogP contribution in [0, 0.1) is 0 Å². The molecule has 2 aliphatic rings. The number of aliphatic hydroxyl groups excluding tert-OH is 1. The summed E-state index contributed by atoms with van der Waals surface area (Å²) in [6.07, 6.45) is 4.10. The summed E-state index contributed by atoms with van der Waals surface area (Å²) in [7, 11) is 0. The first-order valence-electron chi connectivity index (χ1n) is 10.3. The third kappa shape index (κ3) is 5.00. The van der Waals surface area contributed by atoms with Crippen molar-refractivity contribution in [1.82, 2.24) is 15.1 Å². The second-order valence-corrected chi connectivity index (χ2v) is 7.58. The molecule has 2 heterocycles. The molecule has 3 rings (SSSR count). The van der Waals surface area contributed by atoms with Crippen LogP contribution in [0.5, 0.6) is 0 Å². The Balaban J connectivity index is 1.62. The number of amides is 1. The van der Waals surface area contributed by atoms with Crippen LogP contribution < -0.4 is 5.32 Å². The molecule has 2 aliphatic heterocycles. The number of hydrogen-bond donors (Lipinski definition) is 2. The Kier molecular flexibility index (Phi) is 7.62. The van der Waals surface area contributed by atoms with Crippen LogP contribution >= 0.6 is 0 Å². The first-order chi connectivity index (χ1) is 13.7. The maximum Gasteiger partial charge on any atom is 0.236 e. The highest BCUT2D eigenvalue weighted by Gasteiger charge is 2.42. The summed E-state index contributed by atoms with van der Waals surface area (Å²) in [6, 6.07) is 8.72. The van der Waals surface area contributed by atoms with E-state index in [1.165, 1.54) is 11.1 Å². The van der Waals surface area contributed by atoms with E-state index in [0.717, 1.165) is 13.1 Å². The van der Waals surface area contributed by atoms with Gasteiger partial charge in [0.2, 0.25) is 5.91 Å². The van der Waals surface area contributed by atoms with Crippen molar-refractivity contribution >= 4 is 12.0 Å². The fourth-order valence-corrected chi connectivity index (χ4v) is 4.16. The normalized spacial score (nSPS) is 25.6. The van der Waals surface area contributed by atoms with Crippen LogP contribution in [0.15, 0.2) is 30.3 Å². The minimum absolute atomic E-state index is 0.0469. The molecule has 0 radical (unpaired) electrons. The number of benzene rings is 1. The molecule has 0 spiro atoms. The van der Waals surface area contributed by atoms with Gasteiger partial charge >= 0.3 is 0 Å². The van der Waals surface area contributed by atoms with Gasteiger partial charge in [-0.25, -0.2) is 0 Å². The summed E-state index contributed by atoms with van der Waals surface area (Å²) in [6.45, 7) is 8.99. The van der Waals surface area contributed by atoms with Gasteiger partial charge in [0.05, 0.1) is 26.4 Å². The van der Waals surface area contributed by atoms with E-state index in [1.807, 2.05) is 24.8 Å². The van der Waals surface area contributed by atoms with E-state index < -0.39 is 0 Å². The molecular formula is C22H33N3O3. The molecule has 0 bridgehead atoms. The molecular weight excluding hydrogens is 354 g/mol. The predicted octanol–water partition coefficient (Wildman–Crippen LogP) is 1.32. The van der Waals surface area contributed by atoms with Gasteiger partial charge in [0, 0.05) is 44.2 Å². The van der Waals surface area contributed by atoms with Crippen LogP contribution in [0.4, 0.5) is 0 Å². The molecule has 0 aromatic heterocycles. The largest absolute Gasteiger partial charge is 0.395 e. The lowest BCUT2D eigenvalue weighted by atomic mass is 9.77. The lowest BCUT2D eigenvalue weighted by molar-refractivity contribution is -0.134. The molecule has 2 saturated heterocycles. The third-order valence-electron chi connectivity index (χ3n) is 5.79. The van der Waals surface area contributed by atoms with Crippen LogP contribution in [0.25, 0.3) is 6.08 Å². The first kappa shape index (κ1) is 21.0. The Hall–Kier alpha value is -1.73. The molecule has 2 fully saturated rings. The molecule has 0 unspecified atom stereocenters. The molecule has 28 heavy (non-hydrogen) atoms. The van der Waals surface area contributed by atoms with E-state index in [1.54, 1.807) is 0 Å². The maximum atomic E-state index is 12.8. The van der Waals surface area contributed by atoms with Crippen molar-refractivity contribution in [2.75, 3.05) is 52.5 Å². The number of nitrogens with one attached hydrogen (secondary N) is 1. The number of morpholine rings is 1. The SMILES string of the molecule is C/C=C/c1ccc([C@@H]2[C@@H](CO)N[C@@H]2CN(CC)C(=O)CN2CCOCC2)cc1. The van der Waals surface area contributed by atoms with Crippen LogP contribution in [0.1, 0.15) is 30.9 Å². The maximum absolute atomic E-state index is 12.8. The molecule has 1 aromatic carbocycles. The molecule has 0 saturated carbocycles. The standard InChI is InChI=1S/C22H33N3O3/c1-3-5-17-6-8-18(9-7-17)22-19(23-20(22)16-26)14-25(4-2)21(27)15-24-10-12-28-13-11-24/h3,5-9,19-20,22-23,26H,4,10-16H2,1-2H3/b5-3+/t19-,20-,22+/m1/s1. The highest BCUT2D eigenvalue weighted by atomic mass is 16.5. The third-order valence-corrected chi connectivity index (χ3v) is 5.79. The average Bonchev–Trinajstić information content (AvgIpc) is 2.70. The lowest BCUT2D eigenvalue weighted by Crippen LogP contribution is -2.65. The van der Waals surface area contributed by atoms with Crippen molar-refractivity contribution < 1.29 is 14.6 Å². The van der Waals surface area contributed by atoms with Gasteiger partial charge in [-0.3, -0.25) is 9.69 Å². The van der Waals surface area contributed by atoms with Crippen LogP contribution in [0.3, 0.4) is 0 Å². The van der Waals surface area contributed by atoms with E-state index in [4.69, 9.17) is 4.74 Å². The van der Waals surface area contributed by atoms with E-state index in [0.29, 0.717) is 32.8 Å². The quantitative estimate of drug-likeness (QED) is 0.704. The molecule has 0 aliphatic carbocycles. The van der Waals surface area contributed by atoms with Gasteiger partial charge in [-0.2, -0.15) is 0 Å². The minimum Gasteiger partial charge on any atom is -0.395 e. The number of allylic oxidation sites excluding steroid dienone is 1. The first-order valence-corrected chi connectivity index (χ1v) is 10.3. The monoisotopic (exact) mass is 387 g/mol. The fourth-order valence-electron chi connectivity index (χ4n) is 4.16. The van der Waals surface area contributed by atoms with E-state index in [9.17, 15) is 9.90 Å². The van der Waals surface area contributed by atoms with Crippen molar-refractivity contribution in [3.8, 4) is 0 Å². The van der Waals surface area contributed by atoms with Gasteiger partial charge in [-0.05, 0) is 25.0 Å². The Morgan fingerprint density at radius 3 is 2.61 bits per heavy atom. The zero-order valence-corrected chi connectivity index (χ0v) is 17.0. The fraction of sp³-hybridized carbons (Fsp3) is 0.591. The zero-order chi connectivity index (χ0) is 19.9. The molecule has 1 aromatic rings. The highest BCUT2D eigenvalue weighted by Crippen LogP contribution is 2.33. The molecule has 2 N–H and O–H groups in total. The van der Waals surface area contributed by atoms with Crippen molar-refractivity contribution in [3.63, 3.8) is 0 Å². The summed E-state index contributed by atoms with van der Waals surface area (Å²) < 4.78 is 5.37. The highest BCUT2D eigenvalue weighted by molar-refractivity contribution is 5.78. The number of carbonyl (C=O) groups is 1. The number of aliphatic hydroxyl groups is 1. The summed E-state index contributed by atoms with van der Waals surface area (Å²) in [4.78, 5) is 16.9. The van der Waals surface area contributed by atoms with Crippen molar-refractivity contribution in [1.29, 1.82) is 0 Å². The summed E-state index contributed by atoms with van der Waals surface area (Å²) >= 11 is 0. The zero-order valence-electron chi connectivity index (χ0n) is 17.0. The Morgan fingerprint density at radius 1 is 1.29 bits per heavy atom.